The molecule has 2 aromatic heterocycles. The molecule has 0 saturated heterocycles. The molecular formula is C14H20N4O2S2. The van der Waals surface area contributed by atoms with Gasteiger partial charge in [-0.15, -0.1) is 15.3 Å². The minimum atomic E-state index is -0.385. The van der Waals surface area contributed by atoms with Crippen molar-refractivity contribution in [1.82, 2.24) is 19.8 Å². The second-order valence-electron chi connectivity index (χ2n) is 7.13. The average Bonchev–Trinajstić information content (AvgIpc) is 2.77. The molecule has 0 bridgehead atoms. The Balaban J connectivity index is 2.30. The summed E-state index contributed by atoms with van der Waals surface area (Å²) in [5, 5.41) is 12.4. The molecular weight excluding hydrogens is 320 g/mol. The standard InChI is InChI=1S/C14H20N4O2S2/c1-13(2,3)8(19)7-21-12-17-18-10(20)9(14(4,5)6)15-16-11(18)22-12/h7H2,1-6H3. The van der Waals surface area contributed by atoms with Gasteiger partial charge in [0.2, 0.25) is 4.96 Å². The predicted octanol–water partition coefficient (Wildman–Crippen LogP) is 2.55. The molecule has 2 rings (SSSR count). The van der Waals surface area contributed by atoms with Gasteiger partial charge in [0.1, 0.15) is 11.5 Å². The van der Waals surface area contributed by atoms with Gasteiger partial charge in [-0.2, -0.15) is 4.52 Å². The van der Waals surface area contributed by atoms with Crippen molar-refractivity contribution in [2.75, 3.05) is 5.75 Å². The third-order valence-electron chi connectivity index (χ3n) is 3.05. The summed E-state index contributed by atoms with van der Waals surface area (Å²) in [6.07, 6.45) is 0. The molecule has 0 aliphatic rings. The maximum Gasteiger partial charge on any atom is 0.297 e. The quantitative estimate of drug-likeness (QED) is 0.799. The summed E-state index contributed by atoms with van der Waals surface area (Å²) < 4.78 is 1.93. The van der Waals surface area contributed by atoms with Gasteiger partial charge in [-0.1, -0.05) is 64.6 Å². The lowest BCUT2D eigenvalue weighted by Gasteiger charge is -2.15. The van der Waals surface area contributed by atoms with Gasteiger partial charge >= 0.3 is 0 Å². The van der Waals surface area contributed by atoms with Crippen molar-refractivity contribution in [2.45, 2.75) is 51.3 Å². The average molecular weight is 340 g/mol. The predicted molar refractivity (Wildman–Crippen MR) is 88.8 cm³/mol. The first-order valence-corrected chi connectivity index (χ1v) is 8.73. The normalized spacial score (nSPS) is 12.8. The highest BCUT2D eigenvalue weighted by Gasteiger charge is 2.24. The highest BCUT2D eigenvalue weighted by Crippen LogP contribution is 2.26. The van der Waals surface area contributed by atoms with Crippen LogP contribution in [0.3, 0.4) is 0 Å². The summed E-state index contributed by atoms with van der Waals surface area (Å²) in [7, 11) is 0. The molecule has 0 saturated carbocycles. The maximum absolute atomic E-state index is 12.4. The van der Waals surface area contributed by atoms with Crippen molar-refractivity contribution in [3.8, 4) is 0 Å². The maximum atomic E-state index is 12.4. The van der Waals surface area contributed by atoms with E-state index in [-0.39, 0.29) is 22.2 Å². The minimum absolute atomic E-state index is 0.144. The van der Waals surface area contributed by atoms with E-state index in [0.717, 1.165) is 0 Å². The molecule has 0 amide bonds. The highest BCUT2D eigenvalue weighted by molar-refractivity contribution is 8.01. The molecule has 0 radical (unpaired) electrons. The van der Waals surface area contributed by atoms with Gasteiger partial charge in [0.15, 0.2) is 4.34 Å². The van der Waals surface area contributed by atoms with Crippen LogP contribution in [0.25, 0.3) is 4.96 Å². The van der Waals surface area contributed by atoms with Crippen LogP contribution in [-0.4, -0.2) is 31.3 Å². The van der Waals surface area contributed by atoms with Gasteiger partial charge in [0.25, 0.3) is 5.56 Å². The molecule has 8 heteroatoms. The molecule has 0 aromatic carbocycles. The Bertz CT molecular complexity index is 766. The number of carbonyl (C=O) groups is 1. The van der Waals surface area contributed by atoms with Crippen molar-refractivity contribution >= 4 is 33.8 Å². The molecule has 2 aromatic rings. The Labute approximate surface area is 137 Å². The SMILES string of the molecule is CC(C)(C)C(=O)CSc1nn2c(=O)c(C(C)(C)C)nnc2s1. The Hall–Kier alpha value is -1.28. The van der Waals surface area contributed by atoms with Gasteiger partial charge in [-0.05, 0) is 0 Å². The number of ketones is 1. The number of hydrogen-bond donors (Lipinski definition) is 0. The van der Waals surface area contributed by atoms with Crippen molar-refractivity contribution in [3.63, 3.8) is 0 Å². The van der Waals surface area contributed by atoms with Gasteiger partial charge in [-0.3, -0.25) is 9.59 Å². The number of carbonyl (C=O) groups excluding carboxylic acids is 1. The van der Waals surface area contributed by atoms with E-state index >= 15 is 0 Å². The van der Waals surface area contributed by atoms with Crippen LogP contribution in [0, 0.1) is 5.41 Å². The van der Waals surface area contributed by atoms with Crippen LogP contribution in [0.2, 0.25) is 0 Å². The molecule has 22 heavy (non-hydrogen) atoms. The minimum Gasteiger partial charge on any atom is -0.298 e. The molecule has 0 spiro atoms. The van der Waals surface area contributed by atoms with Crippen molar-refractivity contribution < 1.29 is 4.79 Å². The van der Waals surface area contributed by atoms with E-state index in [1.54, 1.807) is 0 Å². The second-order valence-corrected chi connectivity index (χ2v) is 9.31. The van der Waals surface area contributed by atoms with Crippen LogP contribution in [-0.2, 0) is 10.2 Å². The number of rotatable bonds is 3. The molecule has 0 N–H and O–H groups in total. The number of Topliss-reactive ketones (excluding diaryl/α,β-unsaturated/α-hetero) is 1. The molecule has 0 aliphatic carbocycles. The zero-order chi connectivity index (χ0) is 16.7. The van der Waals surface area contributed by atoms with Crippen molar-refractivity contribution in [2.24, 2.45) is 5.41 Å². The molecule has 0 atom stereocenters. The van der Waals surface area contributed by atoms with Gasteiger partial charge in [0.05, 0.1) is 5.75 Å². The van der Waals surface area contributed by atoms with Crippen molar-refractivity contribution in [1.29, 1.82) is 0 Å². The van der Waals surface area contributed by atoms with Crippen LogP contribution in [0.1, 0.15) is 47.2 Å². The molecule has 2 heterocycles. The monoisotopic (exact) mass is 340 g/mol. The molecule has 0 fully saturated rings. The Morgan fingerprint density at radius 3 is 2.36 bits per heavy atom. The molecule has 120 valence electrons. The summed E-state index contributed by atoms with van der Waals surface area (Å²) in [5.41, 5.74) is -0.621. The first-order valence-electron chi connectivity index (χ1n) is 6.93. The van der Waals surface area contributed by atoms with E-state index in [1.165, 1.54) is 27.6 Å². The van der Waals surface area contributed by atoms with Crippen molar-refractivity contribution in [3.05, 3.63) is 16.0 Å². The molecule has 0 unspecified atom stereocenters. The number of nitrogens with zero attached hydrogens (tertiary/aromatic N) is 4. The first kappa shape index (κ1) is 17.1. The highest BCUT2D eigenvalue weighted by atomic mass is 32.2. The Morgan fingerprint density at radius 1 is 1.18 bits per heavy atom. The fourth-order valence-corrected chi connectivity index (χ4v) is 3.60. The summed E-state index contributed by atoms with van der Waals surface area (Å²) >= 11 is 2.61. The zero-order valence-electron chi connectivity index (χ0n) is 13.6. The van der Waals surface area contributed by atoms with E-state index in [4.69, 9.17) is 0 Å². The fraction of sp³-hybridized carbons (Fsp3) is 0.643. The van der Waals surface area contributed by atoms with E-state index in [0.29, 0.717) is 20.7 Å². The number of hydrogen-bond acceptors (Lipinski definition) is 7. The fourth-order valence-electron chi connectivity index (χ4n) is 1.57. The van der Waals surface area contributed by atoms with E-state index < -0.39 is 0 Å². The smallest absolute Gasteiger partial charge is 0.297 e. The summed E-state index contributed by atoms with van der Waals surface area (Å²) in [4.78, 5) is 24.8. The summed E-state index contributed by atoms with van der Waals surface area (Å²) in [5.74, 6) is 0.475. The third kappa shape index (κ3) is 3.55. The van der Waals surface area contributed by atoms with Gasteiger partial charge in [-0.25, -0.2) is 0 Å². The van der Waals surface area contributed by atoms with Crippen LogP contribution < -0.4 is 5.56 Å². The largest absolute Gasteiger partial charge is 0.298 e. The molecule has 6 nitrogen and oxygen atoms in total. The lowest BCUT2D eigenvalue weighted by atomic mass is 9.92. The number of aromatic nitrogens is 4. The van der Waals surface area contributed by atoms with Crippen LogP contribution >= 0.6 is 23.1 Å². The lowest BCUT2D eigenvalue weighted by Crippen LogP contribution is -2.30. The van der Waals surface area contributed by atoms with E-state index in [2.05, 4.69) is 15.3 Å². The topological polar surface area (TPSA) is 77.2 Å². The van der Waals surface area contributed by atoms with Crippen LogP contribution in [0.4, 0.5) is 0 Å². The second kappa shape index (κ2) is 5.73. The van der Waals surface area contributed by atoms with E-state index in [1.807, 2.05) is 41.5 Å². The Morgan fingerprint density at radius 2 is 1.82 bits per heavy atom. The summed E-state index contributed by atoms with van der Waals surface area (Å²) in [6, 6.07) is 0. The third-order valence-corrected chi connectivity index (χ3v) is 5.08. The van der Waals surface area contributed by atoms with Crippen LogP contribution in [0.5, 0.6) is 0 Å². The van der Waals surface area contributed by atoms with E-state index in [9.17, 15) is 9.59 Å². The van der Waals surface area contributed by atoms with Crippen LogP contribution in [0.15, 0.2) is 9.13 Å². The lowest BCUT2D eigenvalue weighted by molar-refractivity contribution is -0.123. The van der Waals surface area contributed by atoms with Gasteiger partial charge in [0, 0.05) is 10.8 Å². The first-order chi connectivity index (χ1) is 10.00. The molecule has 0 aliphatic heterocycles. The zero-order valence-corrected chi connectivity index (χ0v) is 15.3. The summed E-state index contributed by atoms with van der Waals surface area (Å²) in [6.45, 7) is 11.4. The number of fused-ring (bicyclic) bond motifs is 1. The Kier molecular flexibility index (Phi) is 4.45. The number of thioether (sulfide) groups is 1. The van der Waals surface area contributed by atoms with Gasteiger partial charge < -0.3 is 0 Å².